The molecule has 2 aromatic carbocycles. The molecule has 1 amide bonds. The van der Waals surface area contributed by atoms with Gasteiger partial charge >= 0.3 is 5.97 Å². The van der Waals surface area contributed by atoms with Gasteiger partial charge in [-0.3, -0.25) is 4.79 Å². The van der Waals surface area contributed by atoms with Gasteiger partial charge in [-0.2, -0.15) is 0 Å². The summed E-state index contributed by atoms with van der Waals surface area (Å²) in [5.41, 5.74) is 3.88. The summed E-state index contributed by atoms with van der Waals surface area (Å²) >= 11 is 14.0. The second kappa shape index (κ2) is 11.2. The molecule has 1 aliphatic rings. The normalized spacial score (nSPS) is 13.2. The number of aryl methyl sites for hydroxylation is 1. The molecule has 2 aromatic heterocycles. The Kier molecular flexibility index (Phi) is 7.79. The lowest BCUT2D eigenvalue weighted by molar-refractivity contribution is 0.0505. The topological polar surface area (TPSA) is 68.3 Å². The van der Waals surface area contributed by atoms with E-state index in [9.17, 15) is 9.59 Å². The second-order valence-corrected chi connectivity index (χ2v) is 11.0. The molecule has 0 spiro atoms. The van der Waals surface area contributed by atoms with Crippen LogP contribution >= 0.6 is 34.5 Å². The van der Waals surface area contributed by atoms with Gasteiger partial charge < -0.3 is 10.1 Å². The van der Waals surface area contributed by atoms with E-state index >= 15 is 0 Å². The molecule has 37 heavy (non-hydrogen) atoms. The van der Waals surface area contributed by atoms with Crippen LogP contribution in [0.1, 0.15) is 63.8 Å². The van der Waals surface area contributed by atoms with Crippen molar-refractivity contribution in [1.82, 2.24) is 4.98 Å². The first-order chi connectivity index (χ1) is 18.0. The van der Waals surface area contributed by atoms with E-state index in [-0.39, 0.29) is 11.9 Å². The summed E-state index contributed by atoms with van der Waals surface area (Å²) in [5.74, 6) is -0.685. The van der Waals surface area contributed by atoms with Crippen molar-refractivity contribution < 1.29 is 14.3 Å². The van der Waals surface area contributed by atoms with Crippen LogP contribution in [-0.4, -0.2) is 23.5 Å². The molecule has 5 nitrogen and oxygen atoms in total. The molecule has 2 heterocycles. The molecule has 190 valence electrons. The largest absolute Gasteiger partial charge is 0.462 e. The van der Waals surface area contributed by atoms with Crippen molar-refractivity contribution in [2.75, 3.05) is 11.9 Å². The number of para-hydroxylation sites is 1. The van der Waals surface area contributed by atoms with Crippen molar-refractivity contribution in [3.63, 3.8) is 0 Å². The highest BCUT2D eigenvalue weighted by Crippen LogP contribution is 2.39. The van der Waals surface area contributed by atoms with Gasteiger partial charge in [0.2, 0.25) is 0 Å². The Hall–Kier alpha value is -2.93. The predicted molar refractivity (Wildman–Crippen MR) is 151 cm³/mol. The van der Waals surface area contributed by atoms with Gasteiger partial charge in [0.1, 0.15) is 5.00 Å². The van der Waals surface area contributed by atoms with E-state index in [0.29, 0.717) is 54.9 Å². The summed E-state index contributed by atoms with van der Waals surface area (Å²) in [7, 11) is 0. The third-order valence-electron chi connectivity index (χ3n) is 6.46. The van der Waals surface area contributed by atoms with E-state index in [1.807, 2.05) is 31.2 Å². The van der Waals surface area contributed by atoms with E-state index in [1.165, 1.54) is 11.3 Å². The number of aromatic nitrogens is 1. The molecule has 0 unspecified atom stereocenters. The zero-order chi connectivity index (χ0) is 25.9. The van der Waals surface area contributed by atoms with Crippen LogP contribution in [0.5, 0.6) is 0 Å². The molecule has 5 rings (SSSR count). The van der Waals surface area contributed by atoms with Crippen LogP contribution in [0.4, 0.5) is 5.00 Å². The number of carbonyl (C=O) groups is 2. The van der Waals surface area contributed by atoms with Gasteiger partial charge in [-0.1, -0.05) is 54.7 Å². The molecule has 8 heteroatoms. The van der Waals surface area contributed by atoms with E-state index in [2.05, 4.69) is 5.32 Å². The van der Waals surface area contributed by atoms with Gasteiger partial charge in [-0.05, 0) is 68.0 Å². The fourth-order valence-corrected chi connectivity index (χ4v) is 6.46. The Balaban J connectivity index is 1.57. The van der Waals surface area contributed by atoms with Gasteiger partial charge in [-0.15, -0.1) is 11.3 Å². The number of fused-ring (bicyclic) bond motifs is 2. The number of nitrogens with one attached hydrogen (secondary N) is 1. The number of hydrogen-bond donors (Lipinski definition) is 1. The lowest BCUT2D eigenvalue weighted by Gasteiger charge is -2.12. The SMILES string of the molecule is CCCOC(=O)c1c(NC(=O)c2cc(-c3ccc(Cl)cc3Cl)nc3ccccc23)sc2c1CCCCC2. The summed E-state index contributed by atoms with van der Waals surface area (Å²) in [4.78, 5) is 32.8. The first kappa shape index (κ1) is 25.7. The monoisotopic (exact) mass is 552 g/mol. The van der Waals surface area contributed by atoms with Crippen molar-refractivity contribution in [2.45, 2.75) is 45.4 Å². The van der Waals surface area contributed by atoms with Crippen LogP contribution in [0, 0.1) is 0 Å². The minimum atomic E-state index is -0.371. The van der Waals surface area contributed by atoms with Crippen LogP contribution in [0.3, 0.4) is 0 Å². The number of esters is 1. The molecule has 1 aliphatic carbocycles. The summed E-state index contributed by atoms with van der Waals surface area (Å²) < 4.78 is 5.52. The summed E-state index contributed by atoms with van der Waals surface area (Å²) in [6.45, 7) is 2.31. The number of hydrogen-bond acceptors (Lipinski definition) is 5. The molecule has 0 saturated heterocycles. The zero-order valence-electron chi connectivity index (χ0n) is 20.4. The molecule has 0 radical (unpaired) electrons. The van der Waals surface area contributed by atoms with Gasteiger partial charge in [0, 0.05) is 20.8 Å². The molecular formula is C29H26Cl2N2O3S. The smallest absolute Gasteiger partial charge is 0.341 e. The first-order valence-electron chi connectivity index (χ1n) is 12.4. The maximum Gasteiger partial charge on any atom is 0.341 e. The lowest BCUT2D eigenvalue weighted by atomic mass is 10.0. The van der Waals surface area contributed by atoms with E-state index < -0.39 is 0 Å². The molecular weight excluding hydrogens is 527 g/mol. The molecule has 0 atom stereocenters. The van der Waals surface area contributed by atoms with Crippen LogP contribution in [0.25, 0.3) is 22.2 Å². The lowest BCUT2D eigenvalue weighted by Crippen LogP contribution is -2.16. The first-order valence-corrected chi connectivity index (χ1v) is 14.0. The summed E-state index contributed by atoms with van der Waals surface area (Å²) in [6, 6.07) is 14.4. The Morgan fingerprint density at radius 1 is 1.05 bits per heavy atom. The average Bonchev–Trinajstić information content (AvgIpc) is 3.06. The number of nitrogens with zero attached hydrogens (tertiary/aromatic N) is 1. The molecule has 0 saturated carbocycles. The average molecular weight is 554 g/mol. The zero-order valence-corrected chi connectivity index (χ0v) is 22.7. The van der Waals surface area contributed by atoms with Crippen molar-refractivity contribution >= 4 is 62.3 Å². The Morgan fingerprint density at radius 2 is 1.86 bits per heavy atom. The maximum atomic E-state index is 13.8. The minimum absolute atomic E-state index is 0.314. The van der Waals surface area contributed by atoms with Gasteiger partial charge in [0.05, 0.1) is 34.0 Å². The molecule has 4 aromatic rings. The quantitative estimate of drug-likeness (QED) is 0.192. The van der Waals surface area contributed by atoms with Crippen molar-refractivity contribution in [1.29, 1.82) is 0 Å². The van der Waals surface area contributed by atoms with Crippen LogP contribution < -0.4 is 5.32 Å². The minimum Gasteiger partial charge on any atom is -0.462 e. The molecule has 1 N–H and O–H groups in total. The summed E-state index contributed by atoms with van der Waals surface area (Å²) in [6.07, 6.45) is 5.68. The van der Waals surface area contributed by atoms with Crippen molar-refractivity contribution in [3.05, 3.63) is 80.1 Å². The number of benzene rings is 2. The standard InChI is InChI=1S/C29H26Cl2N2O3S/c1-2-14-36-29(35)26-20-9-4-3-5-11-25(20)37-28(26)33-27(34)21-16-24(19-13-12-17(30)15-22(19)31)32-23-10-7-6-8-18(21)23/h6-8,10,12-13,15-16H,2-5,9,11,14H2,1H3,(H,33,34). The van der Waals surface area contributed by atoms with Gasteiger partial charge in [-0.25, -0.2) is 9.78 Å². The third kappa shape index (κ3) is 5.37. The number of anilines is 1. The fraction of sp³-hybridized carbons (Fsp3) is 0.276. The maximum absolute atomic E-state index is 13.8. The number of amides is 1. The predicted octanol–water partition coefficient (Wildman–Crippen LogP) is 8.36. The van der Waals surface area contributed by atoms with E-state index in [1.54, 1.807) is 24.3 Å². The number of thiophene rings is 1. The number of pyridine rings is 1. The highest BCUT2D eigenvalue weighted by Gasteiger charge is 2.27. The van der Waals surface area contributed by atoms with Crippen molar-refractivity contribution in [2.24, 2.45) is 0 Å². The van der Waals surface area contributed by atoms with Crippen LogP contribution in [0.15, 0.2) is 48.5 Å². The van der Waals surface area contributed by atoms with Gasteiger partial charge in [0.25, 0.3) is 5.91 Å². The summed E-state index contributed by atoms with van der Waals surface area (Å²) in [5, 5.41) is 5.28. The highest BCUT2D eigenvalue weighted by atomic mass is 35.5. The molecule has 0 bridgehead atoms. The van der Waals surface area contributed by atoms with Crippen LogP contribution in [-0.2, 0) is 17.6 Å². The third-order valence-corrected chi connectivity index (χ3v) is 8.21. The Labute approximate surface area is 229 Å². The van der Waals surface area contributed by atoms with E-state index in [4.69, 9.17) is 32.9 Å². The Bertz CT molecular complexity index is 1500. The molecule has 0 aliphatic heterocycles. The molecule has 0 fully saturated rings. The number of rotatable bonds is 6. The van der Waals surface area contributed by atoms with Crippen molar-refractivity contribution in [3.8, 4) is 11.3 Å². The van der Waals surface area contributed by atoms with Crippen LogP contribution in [0.2, 0.25) is 10.0 Å². The Morgan fingerprint density at radius 3 is 2.68 bits per heavy atom. The number of ether oxygens (including phenoxy) is 1. The highest BCUT2D eigenvalue weighted by molar-refractivity contribution is 7.17. The number of halogens is 2. The van der Waals surface area contributed by atoms with Gasteiger partial charge in [0.15, 0.2) is 0 Å². The number of carbonyl (C=O) groups excluding carboxylic acids is 2. The fourth-order valence-electron chi connectivity index (χ4n) is 4.68. The second-order valence-electron chi connectivity index (χ2n) is 9.05. The van der Waals surface area contributed by atoms with E-state index in [0.717, 1.165) is 49.0 Å².